The maximum Gasteiger partial charge on any atom is 0.0270 e. The maximum atomic E-state index is 5.61. The molecule has 2 aromatic rings. The van der Waals surface area contributed by atoms with Gasteiger partial charge in [-0.3, -0.25) is 21.2 Å². The Hall–Kier alpha value is -1.78. The first kappa shape index (κ1) is 12.7. The predicted octanol–water partition coefficient (Wildman–Crippen LogP) is 1.48. The molecule has 0 bridgehead atoms. The summed E-state index contributed by atoms with van der Waals surface area (Å²) in [6.45, 7) is 0. The molecule has 0 saturated carbocycles. The second-order valence-electron chi connectivity index (χ2n) is 4.32. The molecule has 94 valence electrons. The molecule has 4 nitrogen and oxygen atoms in total. The number of hydrogen-bond acceptors (Lipinski definition) is 4. The largest absolute Gasteiger partial charge is 0.271 e. The number of hydrazine groups is 1. The minimum absolute atomic E-state index is 0.278. The molecule has 2 heterocycles. The summed E-state index contributed by atoms with van der Waals surface area (Å²) in [6.07, 6.45) is 10.2. The number of pyridine rings is 2. The third kappa shape index (κ3) is 3.91. The summed E-state index contributed by atoms with van der Waals surface area (Å²) in [7, 11) is 0. The topological polar surface area (TPSA) is 63.8 Å². The van der Waals surface area contributed by atoms with Gasteiger partial charge in [0.05, 0.1) is 0 Å². The number of nitrogens with two attached hydrogens (primary N) is 1. The van der Waals surface area contributed by atoms with Crippen molar-refractivity contribution < 1.29 is 0 Å². The summed E-state index contributed by atoms with van der Waals surface area (Å²) >= 11 is 0. The normalized spacial score (nSPS) is 12.3. The average molecular weight is 242 g/mol. The number of hydrogen-bond donors (Lipinski definition) is 2. The van der Waals surface area contributed by atoms with E-state index in [0.29, 0.717) is 0 Å². The zero-order valence-electron chi connectivity index (χ0n) is 10.3. The Balaban J connectivity index is 1.86. The van der Waals surface area contributed by atoms with Crippen LogP contribution < -0.4 is 11.3 Å². The molecule has 0 spiro atoms. The predicted molar refractivity (Wildman–Crippen MR) is 71.6 cm³/mol. The Morgan fingerprint density at radius 2 is 1.50 bits per heavy atom. The van der Waals surface area contributed by atoms with Crippen LogP contribution in [-0.2, 0) is 12.8 Å². The Kier molecular flexibility index (Phi) is 4.81. The quantitative estimate of drug-likeness (QED) is 0.595. The summed E-state index contributed by atoms with van der Waals surface area (Å²) in [5.74, 6) is 5.61. The van der Waals surface area contributed by atoms with Gasteiger partial charge in [-0.1, -0.05) is 0 Å². The van der Waals surface area contributed by atoms with Crippen molar-refractivity contribution in [2.45, 2.75) is 25.3 Å². The van der Waals surface area contributed by atoms with E-state index in [2.05, 4.69) is 15.4 Å². The first-order chi connectivity index (χ1) is 8.88. The Bertz CT molecular complexity index is 444. The van der Waals surface area contributed by atoms with Gasteiger partial charge in [0.2, 0.25) is 0 Å². The van der Waals surface area contributed by atoms with Crippen LogP contribution in [0, 0.1) is 0 Å². The average Bonchev–Trinajstić information content (AvgIpc) is 2.45. The van der Waals surface area contributed by atoms with E-state index >= 15 is 0 Å². The highest BCUT2D eigenvalue weighted by atomic mass is 15.2. The second-order valence-corrected chi connectivity index (χ2v) is 4.32. The van der Waals surface area contributed by atoms with Crippen LogP contribution >= 0.6 is 0 Å². The smallest absolute Gasteiger partial charge is 0.0270 e. The van der Waals surface area contributed by atoms with E-state index in [0.717, 1.165) is 19.3 Å². The lowest BCUT2D eigenvalue weighted by atomic mass is 10.0. The Morgan fingerprint density at radius 3 is 2.06 bits per heavy atom. The molecule has 2 rings (SSSR count). The van der Waals surface area contributed by atoms with Crippen LogP contribution in [-0.4, -0.2) is 16.0 Å². The standard InChI is InChI=1S/C14H18N4/c15-18-14(11-13-5-9-17-10-6-13)2-1-12-3-7-16-8-4-12/h3-10,14,18H,1-2,11,15H2. The van der Waals surface area contributed by atoms with Gasteiger partial charge in [-0.15, -0.1) is 0 Å². The van der Waals surface area contributed by atoms with Gasteiger partial charge < -0.3 is 0 Å². The van der Waals surface area contributed by atoms with Crippen LogP contribution in [0.3, 0.4) is 0 Å². The molecular formula is C14H18N4. The van der Waals surface area contributed by atoms with Crippen molar-refractivity contribution in [3.05, 3.63) is 60.2 Å². The monoisotopic (exact) mass is 242 g/mol. The van der Waals surface area contributed by atoms with Gasteiger partial charge in [0, 0.05) is 30.8 Å². The lowest BCUT2D eigenvalue weighted by molar-refractivity contribution is 0.491. The second kappa shape index (κ2) is 6.83. The molecule has 0 aliphatic heterocycles. The van der Waals surface area contributed by atoms with Gasteiger partial charge in [-0.05, 0) is 54.7 Å². The molecule has 0 aromatic carbocycles. The van der Waals surface area contributed by atoms with Crippen molar-refractivity contribution in [3.63, 3.8) is 0 Å². The van der Waals surface area contributed by atoms with Crippen molar-refractivity contribution in [3.8, 4) is 0 Å². The van der Waals surface area contributed by atoms with Crippen molar-refractivity contribution in [1.82, 2.24) is 15.4 Å². The number of nitrogens with zero attached hydrogens (tertiary/aromatic N) is 2. The van der Waals surface area contributed by atoms with E-state index in [-0.39, 0.29) is 6.04 Å². The van der Waals surface area contributed by atoms with Gasteiger partial charge in [0.1, 0.15) is 0 Å². The van der Waals surface area contributed by atoms with Crippen molar-refractivity contribution in [2.75, 3.05) is 0 Å². The molecule has 1 atom stereocenters. The minimum atomic E-state index is 0.278. The summed E-state index contributed by atoms with van der Waals surface area (Å²) in [6, 6.07) is 8.41. The Morgan fingerprint density at radius 1 is 0.944 bits per heavy atom. The molecule has 0 aliphatic carbocycles. The van der Waals surface area contributed by atoms with E-state index in [4.69, 9.17) is 5.84 Å². The van der Waals surface area contributed by atoms with Crippen molar-refractivity contribution >= 4 is 0 Å². The molecular weight excluding hydrogens is 224 g/mol. The van der Waals surface area contributed by atoms with Crippen LogP contribution in [0.25, 0.3) is 0 Å². The molecule has 18 heavy (non-hydrogen) atoms. The maximum absolute atomic E-state index is 5.61. The van der Waals surface area contributed by atoms with Crippen molar-refractivity contribution in [1.29, 1.82) is 0 Å². The van der Waals surface area contributed by atoms with E-state index in [9.17, 15) is 0 Å². The molecule has 0 saturated heterocycles. The molecule has 1 unspecified atom stereocenters. The van der Waals surface area contributed by atoms with Gasteiger partial charge in [-0.2, -0.15) is 0 Å². The molecule has 0 fully saturated rings. The lowest BCUT2D eigenvalue weighted by Gasteiger charge is -2.15. The highest BCUT2D eigenvalue weighted by Crippen LogP contribution is 2.08. The number of rotatable bonds is 6. The van der Waals surface area contributed by atoms with Gasteiger partial charge in [0.25, 0.3) is 0 Å². The molecule has 0 amide bonds. The van der Waals surface area contributed by atoms with Crippen LogP contribution in [0.5, 0.6) is 0 Å². The van der Waals surface area contributed by atoms with Crippen LogP contribution in [0.1, 0.15) is 17.5 Å². The first-order valence-electron chi connectivity index (χ1n) is 6.12. The first-order valence-corrected chi connectivity index (χ1v) is 6.12. The fraction of sp³-hybridized carbons (Fsp3) is 0.286. The van der Waals surface area contributed by atoms with E-state index in [1.807, 2.05) is 49.1 Å². The Labute approximate surface area is 107 Å². The summed E-state index contributed by atoms with van der Waals surface area (Å²) < 4.78 is 0. The van der Waals surface area contributed by atoms with Crippen LogP contribution in [0.2, 0.25) is 0 Å². The lowest BCUT2D eigenvalue weighted by Crippen LogP contribution is -2.37. The number of aromatic nitrogens is 2. The van der Waals surface area contributed by atoms with E-state index < -0.39 is 0 Å². The van der Waals surface area contributed by atoms with Gasteiger partial charge in [0.15, 0.2) is 0 Å². The van der Waals surface area contributed by atoms with Crippen molar-refractivity contribution in [2.24, 2.45) is 5.84 Å². The fourth-order valence-electron chi connectivity index (χ4n) is 1.94. The summed E-state index contributed by atoms with van der Waals surface area (Å²) in [5, 5.41) is 0. The highest BCUT2D eigenvalue weighted by Gasteiger charge is 2.07. The SMILES string of the molecule is NNC(CCc1ccncc1)Cc1ccncc1. The summed E-state index contributed by atoms with van der Waals surface area (Å²) in [4.78, 5) is 8.03. The zero-order chi connectivity index (χ0) is 12.6. The zero-order valence-corrected chi connectivity index (χ0v) is 10.3. The third-order valence-electron chi connectivity index (χ3n) is 3.00. The highest BCUT2D eigenvalue weighted by molar-refractivity contribution is 5.13. The molecule has 0 radical (unpaired) electrons. The third-order valence-corrected chi connectivity index (χ3v) is 3.00. The molecule has 2 aromatic heterocycles. The molecule has 0 aliphatic rings. The van der Waals surface area contributed by atoms with Crippen LogP contribution in [0.15, 0.2) is 49.1 Å². The van der Waals surface area contributed by atoms with E-state index in [1.54, 1.807) is 0 Å². The fourth-order valence-corrected chi connectivity index (χ4v) is 1.94. The van der Waals surface area contributed by atoms with Crippen LogP contribution in [0.4, 0.5) is 0 Å². The number of nitrogens with one attached hydrogen (secondary N) is 1. The molecule has 3 N–H and O–H groups in total. The number of aryl methyl sites for hydroxylation is 1. The van der Waals surface area contributed by atoms with Gasteiger partial charge >= 0.3 is 0 Å². The van der Waals surface area contributed by atoms with E-state index in [1.165, 1.54) is 11.1 Å². The van der Waals surface area contributed by atoms with Gasteiger partial charge in [-0.25, -0.2) is 0 Å². The summed E-state index contributed by atoms with van der Waals surface area (Å²) in [5.41, 5.74) is 5.43. The minimum Gasteiger partial charge on any atom is -0.271 e. The molecule has 4 heteroatoms.